The second kappa shape index (κ2) is 9.35. The van der Waals surface area contributed by atoms with Crippen molar-refractivity contribution in [3.63, 3.8) is 0 Å². The Bertz CT molecular complexity index is 121. The monoisotopic (exact) mass is 254 g/mol. The molecule has 0 N–H and O–H groups in total. The highest BCUT2D eigenvalue weighted by Crippen LogP contribution is 2.06. The van der Waals surface area contributed by atoms with E-state index in [1.54, 1.807) is 0 Å². The molecule has 0 rings (SSSR count). The van der Waals surface area contributed by atoms with E-state index in [0.29, 0.717) is 6.04 Å². The van der Waals surface area contributed by atoms with E-state index in [0.717, 1.165) is 12.8 Å². The zero-order valence-corrected chi connectivity index (χ0v) is 9.93. The smallest absolute Gasteiger partial charge is 0.351 e. The van der Waals surface area contributed by atoms with Gasteiger partial charge in [0.1, 0.15) is 0 Å². The van der Waals surface area contributed by atoms with Crippen LogP contribution in [0.5, 0.6) is 0 Å². The Morgan fingerprint density at radius 3 is 2.50 bits per heavy atom. The van der Waals surface area contributed by atoms with Gasteiger partial charge in [0.2, 0.25) is 0 Å². The first-order valence-corrected chi connectivity index (χ1v) is 6.46. The van der Waals surface area contributed by atoms with Crippen molar-refractivity contribution in [2.24, 2.45) is 0 Å². The maximum atomic E-state index is 10.9. The van der Waals surface area contributed by atoms with Crippen LogP contribution in [0.4, 0.5) is 0 Å². The molecule has 0 aromatic carbocycles. The molecule has 5 heteroatoms. The van der Waals surface area contributed by atoms with Gasteiger partial charge in [-0.25, -0.2) is 0 Å². The Morgan fingerprint density at radius 2 is 1.92 bits per heavy atom. The summed E-state index contributed by atoms with van der Waals surface area (Å²) in [6.07, 6.45) is 5.82. The van der Waals surface area contributed by atoms with Gasteiger partial charge in [0.25, 0.3) is 0 Å². The molecule has 0 aromatic rings. The molecule has 0 amide bonds. The molecular formula is C7H15BrO3Si. The third kappa shape index (κ3) is 8.35. The summed E-state index contributed by atoms with van der Waals surface area (Å²) in [5.74, 6) is 0. The van der Waals surface area contributed by atoms with Gasteiger partial charge in [-0.05, 0) is 6.42 Å². The molecule has 0 fully saturated rings. The van der Waals surface area contributed by atoms with Crippen LogP contribution < -0.4 is 0 Å². The van der Waals surface area contributed by atoms with E-state index in [4.69, 9.17) is 0 Å². The molecular weight excluding hydrogens is 240 g/mol. The maximum absolute atomic E-state index is 10.9. The van der Waals surface area contributed by atoms with Crippen molar-refractivity contribution in [1.29, 1.82) is 0 Å². The van der Waals surface area contributed by atoms with Gasteiger partial charge >= 0.3 is 8.93 Å². The summed E-state index contributed by atoms with van der Waals surface area (Å²) in [7, 11) is -1.95. The minimum Gasteiger partial charge on any atom is -0.351 e. The highest BCUT2D eigenvalue weighted by atomic mass is 79.9. The number of halogens is 1. The van der Waals surface area contributed by atoms with Crippen LogP contribution in [0.2, 0.25) is 6.04 Å². The van der Waals surface area contributed by atoms with E-state index < -0.39 is 8.93 Å². The lowest BCUT2D eigenvalue weighted by Crippen LogP contribution is -2.02. The highest BCUT2D eigenvalue weighted by molar-refractivity contribution is 9.05. The number of rotatable bonds is 8. The summed E-state index contributed by atoms with van der Waals surface area (Å²) in [5.41, 5.74) is 0. The quantitative estimate of drug-likeness (QED) is 0.289. The fraction of sp³-hybridized carbons (Fsp3) is 1.00. The first-order valence-electron chi connectivity index (χ1n) is 4.29. The maximum Gasteiger partial charge on any atom is 0.539 e. The predicted molar refractivity (Wildman–Crippen MR) is 51.1 cm³/mol. The van der Waals surface area contributed by atoms with Gasteiger partial charge in [0.05, 0.1) is 0 Å². The van der Waals surface area contributed by atoms with Gasteiger partial charge < -0.3 is 9.04 Å². The van der Waals surface area contributed by atoms with Gasteiger partial charge in [-0.15, -0.1) is 3.98 Å². The van der Waals surface area contributed by atoms with E-state index in [2.05, 4.69) is 31.7 Å². The van der Waals surface area contributed by atoms with Crippen molar-refractivity contribution in [2.75, 3.05) is 0 Å². The Hall–Kier alpha value is 0.257. The summed E-state index contributed by atoms with van der Waals surface area (Å²) in [5, 5.41) is 0. The molecule has 0 bridgehead atoms. The first kappa shape index (κ1) is 12.3. The van der Waals surface area contributed by atoms with Crippen LogP contribution in [-0.4, -0.2) is 8.93 Å². The third-order valence-corrected chi connectivity index (χ3v) is 3.02. The Morgan fingerprint density at radius 1 is 1.25 bits per heavy atom. The summed E-state index contributed by atoms with van der Waals surface area (Å²) in [6, 6.07) is 0.625. The number of unbranched alkanes of at least 4 members (excludes halogenated alkanes) is 4. The molecule has 0 saturated heterocycles. The minimum atomic E-state index is -1.95. The van der Waals surface area contributed by atoms with Gasteiger partial charge in [0, 0.05) is 6.04 Å². The van der Waals surface area contributed by atoms with Crippen LogP contribution in [0.3, 0.4) is 0 Å². The molecule has 0 saturated carbocycles. The average Bonchev–Trinajstić information content (AvgIpc) is 2.05. The molecule has 3 nitrogen and oxygen atoms in total. The summed E-state index contributed by atoms with van der Waals surface area (Å²) in [6.45, 7) is 2.17. The fourth-order valence-electron chi connectivity index (χ4n) is 0.950. The zero-order valence-electron chi connectivity index (χ0n) is 7.35. The second-order valence-electron chi connectivity index (χ2n) is 2.68. The molecule has 0 unspecified atom stereocenters. The summed E-state index contributed by atoms with van der Waals surface area (Å²) in [4.78, 5) is 0. The van der Waals surface area contributed by atoms with Crippen molar-refractivity contribution in [3.8, 4) is 0 Å². The van der Waals surface area contributed by atoms with Gasteiger partial charge in [0.15, 0.2) is 16.3 Å². The minimum absolute atomic E-state index is 0.625. The van der Waals surface area contributed by atoms with E-state index in [9.17, 15) is 4.46 Å². The summed E-state index contributed by atoms with van der Waals surface area (Å²) < 4.78 is 19.4. The van der Waals surface area contributed by atoms with E-state index >= 15 is 0 Å². The molecule has 72 valence electrons. The first-order chi connectivity index (χ1) is 5.81. The van der Waals surface area contributed by atoms with E-state index in [1.165, 1.54) is 19.3 Å². The van der Waals surface area contributed by atoms with Gasteiger partial charge in [-0.1, -0.05) is 32.6 Å². The zero-order chi connectivity index (χ0) is 9.23. The lowest BCUT2D eigenvalue weighted by molar-refractivity contribution is -0.0769. The van der Waals surface area contributed by atoms with Crippen molar-refractivity contribution in [1.82, 2.24) is 0 Å². The van der Waals surface area contributed by atoms with Gasteiger partial charge in [-0.3, -0.25) is 0 Å². The van der Waals surface area contributed by atoms with Crippen LogP contribution in [-0.2, 0) is 13.0 Å². The second-order valence-corrected chi connectivity index (χ2v) is 4.36. The van der Waals surface area contributed by atoms with Crippen LogP contribution >= 0.6 is 16.3 Å². The fourth-order valence-corrected chi connectivity index (χ4v) is 2.08. The van der Waals surface area contributed by atoms with Crippen molar-refractivity contribution < 1.29 is 13.0 Å². The van der Waals surface area contributed by atoms with E-state index in [1.807, 2.05) is 0 Å². The Labute approximate surface area is 83.6 Å². The van der Waals surface area contributed by atoms with Gasteiger partial charge in [-0.2, -0.15) is 0 Å². The number of hydrogen-bond acceptors (Lipinski definition) is 3. The average molecular weight is 255 g/mol. The Kier molecular flexibility index (Phi) is 9.55. The van der Waals surface area contributed by atoms with Crippen LogP contribution in [0.25, 0.3) is 0 Å². The van der Waals surface area contributed by atoms with Crippen molar-refractivity contribution in [3.05, 3.63) is 0 Å². The normalized spacial score (nSPS) is 9.83. The Balaban J connectivity index is 3.03. The SMILES string of the molecule is CCCCCCC[Si](=O)OOBr. The predicted octanol–water partition coefficient (Wildman–Crippen LogP) is 3.13. The molecule has 0 aliphatic heterocycles. The topological polar surface area (TPSA) is 35.5 Å². The molecule has 0 radical (unpaired) electrons. The molecule has 0 spiro atoms. The molecule has 0 atom stereocenters. The summed E-state index contributed by atoms with van der Waals surface area (Å²) >= 11 is 2.59. The largest absolute Gasteiger partial charge is 0.539 e. The standard InChI is InChI=1S/C7H15BrO3Si/c1-2-3-4-5-6-7-12(9)11-10-8/h2-7H2,1H3. The molecule has 0 aromatic heterocycles. The lowest BCUT2D eigenvalue weighted by Gasteiger charge is -1.97. The van der Waals surface area contributed by atoms with Crippen molar-refractivity contribution in [2.45, 2.75) is 45.1 Å². The number of hydrogen-bond donors (Lipinski definition) is 0. The molecule has 0 aliphatic rings. The van der Waals surface area contributed by atoms with Crippen LogP contribution in [0.15, 0.2) is 0 Å². The highest BCUT2D eigenvalue weighted by Gasteiger charge is 2.07. The van der Waals surface area contributed by atoms with E-state index in [-0.39, 0.29) is 0 Å². The molecule has 0 heterocycles. The molecule has 12 heavy (non-hydrogen) atoms. The van der Waals surface area contributed by atoms with Crippen molar-refractivity contribution >= 4 is 25.2 Å². The third-order valence-electron chi connectivity index (χ3n) is 1.61. The van der Waals surface area contributed by atoms with Crippen LogP contribution in [0.1, 0.15) is 39.0 Å². The van der Waals surface area contributed by atoms with Crippen LogP contribution in [0, 0.1) is 0 Å². The molecule has 0 aliphatic carbocycles. The lowest BCUT2D eigenvalue weighted by atomic mass is 10.2.